The zero-order valence-corrected chi connectivity index (χ0v) is 13.6. The van der Waals surface area contributed by atoms with Crippen molar-refractivity contribution in [1.82, 2.24) is 4.98 Å². The van der Waals surface area contributed by atoms with Gasteiger partial charge in [0.15, 0.2) is 0 Å². The Hall–Kier alpha value is -0.450. The van der Waals surface area contributed by atoms with Crippen molar-refractivity contribution in [3.63, 3.8) is 0 Å². The molecule has 0 aromatic carbocycles. The van der Waals surface area contributed by atoms with Crippen LogP contribution in [-0.2, 0) is 16.7 Å². The number of fused-ring (bicyclic) bond motifs is 1. The van der Waals surface area contributed by atoms with Gasteiger partial charge in [-0.05, 0) is 45.4 Å². The summed E-state index contributed by atoms with van der Waals surface area (Å²) in [5, 5.41) is 1.15. The number of rotatable bonds is 2. The molecule has 1 aliphatic carbocycles. The molecule has 1 aliphatic heterocycles. The van der Waals surface area contributed by atoms with Crippen LogP contribution in [0.15, 0.2) is 0 Å². The van der Waals surface area contributed by atoms with Crippen molar-refractivity contribution in [2.45, 2.75) is 77.0 Å². The summed E-state index contributed by atoms with van der Waals surface area (Å²) in [7, 11) is 0. The number of thiazole rings is 1. The minimum absolute atomic E-state index is 0.176. The minimum Gasteiger partial charge on any atom is -0.370 e. The Bertz CT molecular complexity index is 477. The molecule has 0 spiro atoms. The van der Waals surface area contributed by atoms with Crippen LogP contribution in [-0.4, -0.2) is 11.1 Å². The molecule has 1 aromatic rings. The minimum atomic E-state index is -0.184. The molecule has 0 amide bonds. The first kappa shape index (κ1) is 14.5. The van der Waals surface area contributed by atoms with Gasteiger partial charge in [0.1, 0.15) is 5.01 Å². The summed E-state index contributed by atoms with van der Waals surface area (Å²) in [5.74, 6) is 0.864. The summed E-state index contributed by atoms with van der Waals surface area (Å²) in [4.78, 5) is 6.22. The largest absolute Gasteiger partial charge is 0.370 e. The molecule has 0 radical (unpaired) electrons. The summed E-state index contributed by atoms with van der Waals surface area (Å²) in [5.41, 5.74) is 7.75. The summed E-state index contributed by atoms with van der Waals surface area (Å²) in [6.07, 6.45) is 7.34. The molecule has 1 aromatic heterocycles. The van der Waals surface area contributed by atoms with Gasteiger partial charge < -0.3 is 10.5 Å². The van der Waals surface area contributed by atoms with E-state index in [1.807, 2.05) is 0 Å². The second-order valence-corrected chi connectivity index (χ2v) is 7.66. The Kier molecular flexibility index (Phi) is 3.91. The average molecular weight is 294 g/mol. The highest BCUT2D eigenvalue weighted by Gasteiger charge is 2.37. The lowest BCUT2D eigenvalue weighted by Gasteiger charge is -2.35. The maximum atomic E-state index is 6.70. The van der Waals surface area contributed by atoms with Crippen LogP contribution in [0.3, 0.4) is 0 Å². The van der Waals surface area contributed by atoms with E-state index in [2.05, 4.69) is 20.8 Å². The molecular formula is C16H26N2OS. The summed E-state index contributed by atoms with van der Waals surface area (Å²) < 4.78 is 5.91. The van der Waals surface area contributed by atoms with Crippen LogP contribution in [0.25, 0.3) is 0 Å². The van der Waals surface area contributed by atoms with Gasteiger partial charge in [0.2, 0.25) is 0 Å². The average Bonchev–Trinajstić information content (AvgIpc) is 2.84. The van der Waals surface area contributed by atoms with Gasteiger partial charge in [-0.1, -0.05) is 13.3 Å². The van der Waals surface area contributed by atoms with Crippen molar-refractivity contribution in [2.24, 2.45) is 11.7 Å². The molecule has 1 saturated carbocycles. The monoisotopic (exact) mass is 294 g/mol. The van der Waals surface area contributed by atoms with Crippen molar-refractivity contribution >= 4 is 11.3 Å². The molecule has 4 heteroatoms. The lowest BCUT2D eigenvalue weighted by molar-refractivity contribution is -0.00320. The van der Waals surface area contributed by atoms with Crippen molar-refractivity contribution in [1.29, 1.82) is 0 Å². The van der Waals surface area contributed by atoms with Crippen molar-refractivity contribution in [3.8, 4) is 0 Å². The Morgan fingerprint density at radius 2 is 2.05 bits per heavy atom. The third-order valence-electron chi connectivity index (χ3n) is 5.01. The zero-order chi connectivity index (χ0) is 14.3. The van der Waals surface area contributed by atoms with E-state index in [0.29, 0.717) is 0 Å². The normalized spacial score (nSPS) is 37.7. The van der Waals surface area contributed by atoms with E-state index in [0.717, 1.165) is 30.2 Å². The standard InChI is InChI=1S/C16H26N2OS/c1-4-12-5-7-16(17,8-6-12)15-18-13-9-10(2)19-11(3)14(13)20-15/h10-12H,4-9,17H2,1-3H3. The highest BCUT2D eigenvalue weighted by Crippen LogP contribution is 2.43. The number of nitrogens with two attached hydrogens (primary N) is 1. The fraction of sp³-hybridized carbons (Fsp3) is 0.812. The molecule has 1 fully saturated rings. The van der Waals surface area contributed by atoms with Crippen LogP contribution in [0, 0.1) is 5.92 Å². The van der Waals surface area contributed by atoms with E-state index in [-0.39, 0.29) is 17.7 Å². The van der Waals surface area contributed by atoms with Gasteiger partial charge in [-0.25, -0.2) is 4.98 Å². The lowest BCUT2D eigenvalue weighted by atomic mass is 9.76. The van der Waals surface area contributed by atoms with Crippen LogP contribution < -0.4 is 5.73 Å². The van der Waals surface area contributed by atoms with E-state index in [9.17, 15) is 0 Å². The predicted molar refractivity (Wildman–Crippen MR) is 82.9 cm³/mol. The summed E-state index contributed by atoms with van der Waals surface area (Å²) in [6.45, 7) is 6.55. The smallest absolute Gasteiger partial charge is 0.113 e. The third-order valence-corrected chi connectivity index (χ3v) is 6.49. The molecule has 2 aliphatic rings. The van der Waals surface area contributed by atoms with Crippen LogP contribution >= 0.6 is 11.3 Å². The zero-order valence-electron chi connectivity index (χ0n) is 12.8. The Morgan fingerprint density at radius 3 is 2.70 bits per heavy atom. The number of nitrogens with zero attached hydrogens (tertiary/aromatic N) is 1. The summed E-state index contributed by atoms with van der Waals surface area (Å²) in [6, 6.07) is 0. The first-order valence-electron chi connectivity index (χ1n) is 7.96. The fourth-order valence-electron chi connectivity index (χ4n) is 3.59. The molecule has 20 heavy (non-hydrogen) atoms. The number of hydrogen-bond acceptors (Lipinski definition) is 4. The van der Waals surface area contributed by atoms with Crippen LogP contribution in [0.5, 0.6) is 0 Å². The Morgan fingerprint density at radius 1 is 1.35 bits per heavy atom. The molecule has 2 unspecified atom stereocenters. The Balaban J connectivity index is 1.83. The van der Waals surface area contributed by atoms with Crippen molar-refractivity contribution in [3.05, 3.63) is 15.6 Å². The van der Waals surface area contributed by atoms with Crippen LogP contribution in [0.1, 0.15) is 74.6 Å². The number of hydrogen-bond donors (Lipinski definition) is 1. The topological polar surface area (TPSA) is 48.1 Å². The van der Waals surface area contributed by atoms with E-state index in [4.69, 9.17) is 15.5 Å². The quantitative estimate of drug-likeness (QED) is 0.899. The molecule has 2 N–H and O–H groups in total. The van der Waals surface area contributed by atoms with Crippen LogP contribution in [0.4, 0.5) is 0 Å². The molecule has 3 nitrogen and oxygen atoms in total. The van der Waals surface area contributed by atoms with Gasteiger partial charge >= 0.3 is 0 Å². The SMILES string of the molecule is CCC1CCC(N)(c2nc3c(s2)C(C)OC(C)C3)CC1. The Labute approximate surface area is 125 Å². The fourth-order valence-corrected chi connectivity index (χ4v) is 4.83. The summed E-state index contributed by atoms with van der Waals surface area (Å²) >= 11 is 1.80. The first-order valence-corrected chi connectivity index (χ1v) is 8.78. The highest BCUT2D eigenvalue weighted by atomic mass is 32.1. The third kappa shape index (κ3) is 2.53. The maximum absolute atomic E-state index is 6.70. The number of ether oxygens (including phenoxy) is 1. The van der Waals surface area contributed by atoms with Gasteiger partial charge in [0.05, 0.1) is 28.3 Å². The molecular weight excluding hydrogens is 268 g/mol. The lowest BCUT2D eigenvalue weighted by Crippen LogP contribution is -2.40. The van der Waals surface area contributed by atoms with E-state index < -0.39 is 0 Å². The predicted octanol–water partition coefficient (Wildman–Crippen LogP) is 3.92. The molecule has 3 rings (SSSR count). The van der Waals surface area contributed by atoms with Crippen LogP contribution in [0.2, 0.25) is 0 Å². The van der Waals surface area contributed by atoms with Gasteiger partial charge in [0, 0.05) is 6.42 Å². The second-order valence-electron chi connectivity index (χ2n) is 6.63. The number of aromatic nitrogens is 1. The van der Waals surface area contributed by atoms with Gasteiger partial charge in [-0.2, -0.15) is 0 Å². The first-order chi connectivity index (χ1) is 9.51. The molecule has 112 valence electrons. The van der Waals surface area contributed by atoms with E-state index in [1.54, 1.807) is 11.3 Å². The highest BCUT2D eigenvalue weighted by molar-refractivity contribution is 7.12. The van der Waals surface area contributed by atoms with Crippen molar-refractivity contribution in [2.75, 3.05) is 0 Å². The molecule has 2 atom stereocenters. The maximum Gasteiger partial charge on any atom is 0.113 e. The molecule has 2 heterocycles. The van der Waals surface area contributed by atoms with Crippen molar-refractivity contribution < 1.29 is 4.74 Å². The van der Waals surface area contributed by atoms with Gasteiger partial charge in [-0.3, -0.25) is 0 Å². The van der Waals surface area contributed by atoms with E-state index >= 15 is 0 Å². The van der Waals surface area contributed by atoms with E-state index in [1.165, 1.54) is 29.8 Å². The molecule has 0 saturated heterocycles. The second kappa shape index (κ2) is 5.39. The van der Waals surface area contributed by atoms with Gasteiger partial charge in [0.25, 0.3) is 0 Å². The molecule has 0 bridgehead atoms. The van der Waals surface area contributed by atoms with Gasteiger partial charge in [-0.15, -0.1) is 11.3 Å².